The van der Waals surface area contributed by atoms with Crippen molar-refractivity contribution < 1.29 is 4.79 Å². The highest BCUT2D eigenvalue weighted by molar-refractivity contribution is 9.13. The molecule has 0 aromatic carbocycles. The Morgan fingerprint density at radius 2 is 2.17 bits per heavy atom. The summed E-state index contributed by atoms with van der Waals surface area (Å²) in [4.78, 5) is 13.0. The summed E-state index contributed by atoms with van der Waals surface area (Å²) in [6.07, 6.45) is 4.77. The third-order valence-corrected chi connectivity index (χ3v) is 6.94. The molecular formula is C13H17Br2NOS. The van der Waals surface area contributed by atoms with E-state index in [4.69, 9.17) is 0 Å². The predicted octanol–water partition coefficient (Wildman–Crippen LogP) is 4.97. The second-order valence-electron chi connectivity index (χ2n) is 5.49. The molecule has 1 fully saturated rings. The number of hydrogen-bond acceptors (Lipinski definition) is 2. The summed E-state index contributed by atoms with van der Waals surface area (Å²) in [7, 11) is 0. The van der Waals surface area contributed by atoms with E-state index in [1.54, 1.807) is 0 Å². The summed E-state index contributed by atoms with van der Waals surface area (Å²) in [6.45, 7) is 4.49. The number of halogens is 2. The van der Waals surface area contributed by atoms with Crippen molar-refractivity contribution in [2.24, 2.45) is 5.41 Å². The van der Waals surface area contributed by atoms with Gasteiger partial charge in [0.05, 0.1) is 8.66 Å². The first-order valence-corrected chi connectivity index (χ1v) is 8.56. The lowest BCUT2D eigenvalue weighted by Crippen LogP contribution is -2.46. The Labute approximate surface area is 129 Å². The van der Waals surface area contributed by atoms with Gasteiger partial charge in [0, 0.05) is 10.5 Å². The lowest BCUT2D eigenvalue weighted by molar-refractivity contribution is 0.0857. The van der Waals surface area contributed by atoms with E-state index < -0.39 is 0 Å². The highest BCUT2D eigenvalue weighted by Crippen LogP contribution is 2.36. The molecule has 0 radical (unpaired) electrons. The Bertz CT molecular complexity index is 436. The van der Waals surface area contributed by atoms with Gasteiger partial charge in [0.25, 0.3) is 5.91 Å². The largest absolute Gasteiger partial charge is 0.348 e. The molecule has 0 saturated heterocycles. The Morgan fingerprint density at radius 3 is 2.72 bits per heavy atom. The first-order chi connectivity index (χ1) is 8.40. The van der Waals surface area contributed by atoms with Crippen LogP contribution < -0.4 is 5.32 Å². The molecular weight excluding hydrogens is 378 g/mol. The van der Waals surface area contributed by atoms with Gasteiger partial charge in [0.15, 0.2) is 0 Å². The number of carbonyl (C=O) groups excluding carboxylic acids is 1. The molecule has 0 spiro atoms. The predicted molar refractivity (Wildman–Crippen MR) is 83.2 cm³/mol. The molecule has 1 saturated carbocycles. The zero-order valence-corrected chi connectivity index (χ0v) is 14.5. The van der Waals surface area contributed by atoms with Crippen LogP contribution in [0.5, 0.6) is 0 Å². The molecule has 18 heavy (non-hydrogen) atoms. The topological polar surface area (TPSA) is 29.1 Å². The van der Waals surface area contributed by atoms with Crippen LogP contribution in [0.25, 0.3) is 0 Å². The summed E-state index contributed by atoms with van der Waals surface area (Å²) in [5, 5.41) is 3.20. The van der Waals surface area contributed by atoms with Gasteiger partial charge in [-0.1, -0.05) is 26.7 Å². The minimum Gasteiger partial charge on any atom is -0.348 e. The van der Waals surface area contributed by atoms with Crippen molar-refractivity contribution in [1.82, 2.24) is 5.32 Å². The average molecular weight is 395 g/mol. The first kappa shape index (κ1) is 14.5. The molecule has 1 aromatic rings. The van der Waals surface area contributed by atoms with Crippen LogP contribution >= 0.6 is 43.2 Å². The molecule has 0 aliphatic heterocycles. The Morgan fingerprint density at radius 1 is 1.44 bits per heavy atom. The third-order valence-electron chi connectivity index (χ3n) is 3.68. The zero-order valence-electron chi connectivity index (χ0n) is 10.6. The fraction of sp³-hybridized carbons (Fsp3) is 0.615. The number of amides is 1. The van der Waals surface area contributed by atoms with E-state index >= 15 is 0 Å². The second-order valence-corrected chi connectivity index (χ2v) is 8.72. The molecule has 1 aliphatic carbocycles. The average Bonchev–Trinajstić information content (AvgIpc) is 2.62. The van der Waals surface area contributed by atoms with Gasteiger partial charge in [-0.05, 0) is 56.2 Å². The lowest BCUT2D eigenvalue weighted by Gasteiger charge is -2.38. The van der Waals surface area contributed by atoms with E-state index in [1.807, 2.05) is 6.07 Å². The van der Waals surface area contributed by atoms with Crippen molar-refractivity contribution in [1.29, 1.82) is 0 Å². The van der Waals surface area contributed by atoms with Crippen LogP contribution in [0.2, 0.25) is 0 Å². The van der Waals surface area contributed by atoms with E-state index in [2.05, 4.69) is 51.0 Å². The smallest absolute Gasteiger partial charge is 0.261 e. The van der Waals surface area contributed by atoms with Crippen LogP contribution in [-0.2, 0) is 0 Å². The summed E-state index contributed by atoms with van der Waals surface area (Å²) in [5.74, 6) is 0.0476. The normalized spacial score (nSPS) is 22.8. The van der Waals surface area contributed by atoms with Crippen molar-refractivity contribution >= 4 is 49.1 Å². The van der Waals surface area contributed by atoms with Gasteiger partial charge in [0.2, 0.25) is 0 Å². The molecule has 1 atom stereocenters. The van der Waals surface area contributed by atoms with E-state index in [9.17, 15) is 4.79 Å². The van der Waals surface area contributed by atoms with Gasteiger partial charge in [-0.3, -0.25) is 4.79 Å². The molecule has 2 nitrogen and oxygen atoms in total. The number of rotatable bonds is 2. The first-order valence-electron chi connectivity index (χ1n) is 6.16. The summed E-state index contributed by atoms with van der Waals surface area (Å²) in [6, 6.07) is 2.17. The van der Waals surface area contributed by atoms with Crippen molar-refractivity contribution in [3.8, 4) is 0 Å². The maximum absolute atomic E-state index is 12.2. The number of hydrogen-bond donors (Lipinski definition) is 1. The van der Waals surface area contributed by atoms with E-state index in [1.165, 1.54) is 30.6 Å². The summed E-state index contributed by atoms with van der Waals surface area (Å²) >= 11 is 8.31. The standard InChI is InChI=1S/C13H17Br2NOS/c1-13(2)6-4-3-5-10(13)16-12(17)9-7-8(14)11(15)18-9/h7,10H,3-6H2,1-2H3,(H,16,17). The number of nitrogens with one attached hydrogen (secondary N) is 1. The number of carbonyl (C=O) groups is 1. The van der Waals surface area contributed by atoms with Gasteiger partial charge >= 0.3 is 0 Å². The highest BCUT2D eigenvalue weighted by atomic mass is 79.9. The fourth-order valence-electron chi connectivity index (χ4n) is 2.45. The van der Waals surface area contributed by atoms with Crippen LogP contribution in [0.15, 0.2) is 14.3 Å². The Kier molecular flexibility index (Phi) is 4.55. The lowest BCUT2D eigenvalue weighted by atomic mass is 9.73. The quantitative estimate of drug-likeness (QED) is 0.753. The molecule has 100 valence electrons. The zero-order chi connectivity index (χ0) is 13.3. The summed E-state index contributed by atoms with van der Waals surface area (Å²) < 4.78 is 1.91. The SMILES string of the molecule is CC1(C)CCCCC1NC(=O)c1cc(Br)c(Br)s1. The fourth-order valence-corrected chi connectivity index (χ4v) is 4.39. The van der Waals surface area contributed by atoms with Gasteiger partial charge in [0.1, 0.15) is 0 Å². The van der Waals surface area contributed by atoms with Crippen LogP contribution in [0.1, 0.15) is 49.2 Å². The van der Waals surface area contributed by atoms with Crippen molar-refractivity contribution in [3.05, 3.63) is 19.2 Å². The highest BCUT2D eigenvalue weighted by Gasteiger charge is 2.33. The van der Waals surface area contributed by atoms with Crippen molar-refractivity contribution in [3.63, 3.8) is 0 Å². The van der Waals surface area contributed by atoms with E-state index in [0.717, 1.165) is 19.6 Å². The van der Waals surface area contributed by atoms with E-state index in [0.29, 0.717) is 6.04 Å². The Balaban J connectivity index is 2.07. The van der Waals surface area contributed by atoms with E-state index in [-0.39, 0.29) is 11.3 Å². The summed E-state index contributed by atoms with van der Waals surface area (Å²) in [5.41, 5.74) is 0.208. The molecule has 1 aromatic heterocycles. The monoisotopic (exact) mass is 393 g/mol. The maximum atomic E-state index is 12.2. The molecule has 1 aliphatic rings. The molecule has 2 rings (SSSR count). The Hall–Kier alpha value is 0.130. The van der Waals surface area contributed by atoms with Gasteiger partial charge in [-0.15, -0.1) is 11.3 Å². The molecule has 1 amide bonds. The maximum Gasteiger partial charge on any atom is 0.261 e. The third kappa shape index (κ3) is 3.17. The van der Waals surface area contributed by atoms with Crippen LogP contribution in [0.4, 0.5) is 0 Å². The van der Waals surface area contributed by atoms with Crippen LogP contribution in [0, 0.1) is 5.41 Å². The molecule has 1 N–H and O–H groups in total. The van der Waals surface area contributed by atoms with Gasteiger partial charge < -0.3 is 5.32 Å². The number of thiophene rings is 1. The van der Waals surface area contributed by atoms with Gasteiger partial charge in [-0.2, -0.15) is 0 Å². The molecule has 1 unspecified atom stereocenters. The second kappa shape index (κ2) is 5.63. The minimum atomic E-state index is 0.0476. The molecule has 5 heteroatoms. The minimum absolute atomic E-state index is 0.0476. The van der Waals surface area contributed by atoms with Crippen LogP contribution in [-0.4, -0.2) is 11.9 Å². The molecule has 1 heterocycles. The van der Waals surface area contributed by atoms with Gasteiger partial charge in [-0.25, -0.2) is 0 Å². The van der Waals surface area contributed by atoms with Crippen molar-refractivity contribution in [2.45, 2.75) is 45.6 Å². The van der Waals surface area contributed by atoms with Crippen LogP contribution in [0.3, 0.4) is 0 Å². The molecule has 0 bridgehead atoms. The van der Waals surface area contributed by atoms with Crippen molar-refractivity contribution in [2.75, 3.05) is 0 Å².